The van der Waals surface area contributed by atoms with Crippen molar-refractivity contribution in [1.29, 1.82) is 5.26 Å². The second-order valence-electron chi connectivity index (χ2n) is 3.40. The standard InChI is InChI=1S/C5H10.2C2H4N.C2H2N.CH3.F6P.Ru/c1-2-4-5-3-1;3*1-2-3;;1-7(2,3,4,5)6;/h1-5H2;2*2H,1H3;1H2;1H3;;/q;5*-1;+5. The minimum atomic E-state index is -10.7. The van der Waals surface area contributed by atoms with Gasteiger partial charge in [-0.1, -0.05) is 46.0 Å². The molecule has 3 nitrogen and oxygen atoms in total. The Kier molecular flexibility index (Phi) is 29.3. The van der Waals surface area contributed by atoms with Gasteiger partial charge in [-0.2, -0.15) is 0 Å². The molecule has 1 rings (SSSR count). The predicted octanol–water partition coefficient (Wildman–Crippen LogP) is 7.42. The Morgan fingerprint density at radius 2 is 0.913 bits per heavy atom. The smallest absolute Gasteiger partial charge is 0.358 e. The molecule has 0 unspecified atom stereocenters. The SMILES string of the molecule is C1CCCC1.CC=[N-].CC=[N-].F[P-](F)(F)(F)(F)F.[CH2-]C#N.[CH3-].[Ru+5]. The summed E-state index contributed by atoms with van der Waals surface area (Å²) in [5.41, 5.74) is 0. The first-order valence-electron chi connectivity index (χ1n) is 5.76. The molecule has 0 N–H and O–H groups in total. The molecule has 0 aliphatic heterocycles. The molecule has 0 spiro atoms. The molecule has 0 heterocycles. The maximum atomic E-state index is 9.87. The van der Waals surface area contributed by atoms with Crippen molar-refractivity contribution in [3.8, 4) is 6.07 Å². The van der Waals surface area contributed by atoms with Gasteiger partial charge in [0.2, 0.25) is 0 Å². The molecule has 23 heavy (non-hydrogen) atoms. The average Bonchev–Trinajstić information content (AvgIpc) is 2.72. The van der Waals surface area contributed by atoms with E-state index in [9.17, 15) is 25.2 Å². The molecule has 1 fully saturated rings. The van der Waals surface area contributed by atoms with Crippen molar-refractivity contribution in [1.82, 2.24) is 0 Å². The van der Waals surface area contributed by atoms with Crippen molar-refractivity contribution < 1.29 is 44.7 Å². The normalized spacial score (nSPS) is 13.7. The van der Waals surface area contributed by atoms with Crippen LogP contribution in [-0.4, -0.2) is 12.4 Å². The summed E-state index contributed by atoms with van der Waals surface area (Å²) in [4.78, 5) is 0. The van der Waals surface area contributed by atoms with Crippen LogP contribution in [0.5, 0.6) is 0 Å². The van der Waals surface area contributed by atoms with Crippen LogP contribution in [0.1, 0.15) is 46.0 Å². The zero-order valence-electron chi connectivity index (χ0n) is 13.3. The van der Waals surface area contributed by atoms with Crippen molar-refractivity contribution >= 4 is 20.2 Å². The fourth-order valence-corrected chi connectivity index (χ4v) is 0.884. The van der Waals surface area contributed by atoms with Gasteiger partial charge in [-0.25, -0.2) is 17.7 Å². The Morgan fingerprint density at radius 1 is 0.870 bits per heavy atom. The molecule has 1 aliphatic carbocycles. The molecule has 0 aromatic rings. The van der Waals surface area contributed by atoms with Crippen molar-refractivity contribution in [2.45, 2.75) is 46.0 Å². The van der Waals surface area contributed by atoms with Gasteiger partial charge in [-0.15, -0.1) is 6.07 Å². The van der Waals surface area contributed by atoms with Crippen LogP contribution >= 0.6 is 7.81 Å². The molecular weight excluding hydrogens is 432 g/mol. The van der Waals surface area contributed by atoms with Gasteiger partial charge in [0.15, 0.2) is 0 Å². The van der Waals surface area contributed by atoms with E-state index >= 15 is 0 Å². The van der Waals surface area contributed by atoms with Gasteiger partial charge in [0, 0.05) is 0 Å². The second-order valence-corrected chi connectivity index (χ2v) is 5.32. The third kappa shape index (κ3) is 425. The van der Waals surface area contributed by atoms with Gasteiger partial charge in [0.05, 0.1) is 0 Å². The van der Waals surface area contributed by atoms with Gasteiger partial charge in [0.1, 0.15) is 0 Å². The number of nitrogens with zero attached hydrogens (tertiary/aromatic N) is 3. The molecule has 0 atom stereocenters. The summed E-state index contributed by atoms with van der Waals surface area (Å²) >= 11 is 0. The van der Waals surface area contributed by atoms with Gasteiger partial charge >= 0.3 is 52.5 Å². The van der Waals surface area contributed by atoms with Gasteiger partial charge in [-0.05, 0) is 0 Å². The van der Waals surface area contributed by atoms with Crippen LogP contribution in [0, 0.1) is 25.7 Å². The monoisotopic (exact) mass is 456 g/mol. The van der Waals surface area contributed by atoms with Crippen LogP contribution in [0.3, 0.4) is 0 Å². The summed E-state index contributed by atoms with van der Waals surface area (Å²) in [6.07, 6.45) is 9.50. The van der Waals surface area contributed by atoms with Crippen LogP contribution in [0.2, 0.25) is 0 Å². The first-order chi connectivity index (χ1) is 9.19. The van der Waals surface area contributed by atoms with Crippen LogP contribution < -0.4 is 0 Å². The maximum Gasteiger partial charge on any atom is 5.00 e. The molecule has 0 aromatic heterocycles. The van der Waals surface area contributed by atoms with Crippen molar-refractivity contribution in [3.63, 3.8) is 0 Å². The Morgan fingerprint density at radius 3 is 0.957 bits per heavy atom. The topological polar surface area (TPSA) is 68.4 Å². The molecular formula is C12H23F6N3PRu. The second kappa shape index (κ2) is 17.7. The van der Waals surface area contributed by atoms with E-state index in [1.807, 2.05) is 0 Å². The van der Waals surface area contributed by atoms with E-state index < -0.39 is 7.81 Å². The Bertz CT molecular complexity index is 271. The van der Waals surface area contributed by atoms with E-state index in [4.69, 9.17) is 16.1 Å². The molecule has 11 heteroatoms. The number of hydrogen-bond donors (Lipinski definition) is 0. The zero-order chi connectivity index (χ0) is 18.1. The minimum absolute atomic E-state index is 0. The summed E-state index contributed by atoms with van der Waals surface area (Å²) < 4.78 is 59.2. The third-order valence-corrected chi connectivity index (χ3v) is 1.25. The predicted molar refractivity (Wildman–Crippen MR) is 84.2 cm³/mol. The molecule has 0 aromatic carbocycles. The summed E-state index contributed by atoms with van der Waals surface area (Å²) in [6, 6.07) is 1.50. The first-order valence-corrected chi connectivity index (χ1v) is 7.79. The fourth-order valence-electron chi connectivity index (χ4n) is 0.884. The van der Waals surface area contributed by atoms with Crippen molar-refractivity contribution in [3.05, 3.63) is 25.2 Å². The Labute approximate surface area is 147 Å². The zero-order valence-corrected chi connectivity index (χ0v) is 15.9. The Balaban J connectivity index is -0.0000000405. The van der Waals surface area contributed by atoms with E-state index in [0.29, 0.717) is 0 Å². The molecule has 0 amide bonds. The van der Waals surface area contributed by atoms with Crippen molar-refractivity contribution in [2.75, 3.05) is 0 Å². The number of halogens is 6. The van der Waals surface area contributed by atoms with Crippen LogP contribution in [-0.2, 0) is 19.5 Å². The quantitative estimate of drug-likeness (QED) is 0.123. The van der Waals surface area contributed by atoms with Crippen LogP contribution in [0.15, 0.2) is 0 Å². The fraction of sp³-hybridized carbons (Fsp3) is 0.583. The van der Waals surface area contributed by atoms with Gasteiger partial charge in [-0.3, -0.25) is 0 Å². The largest absolute Gasteiger partial charge is 5.00 e. The molecule has 141 valence electrons. The van der Waals surface area contributed by atoms with Gasteiger partial charge in [0.25, 0.3) is 0 Å². The number of nitriles is 1. The van der Waals surface area contributed by atoms with Gasteiger partial charge < -0.3 is 25.2 Å². The maximum absolute atomic E-state index is 10.7. The van der Waals surface area contributed by atoms with E-state index in [0.717, 1.165) is 12.4 Å². The van der Waals surface area contributed by atoms with E-state index in [1.165, 1.54) is 38.2 Å². The minimum Gasteiger partial charge on any atom is -0.358 e. The van der Waals surface area contributed by atoms with E-state index in [2.05, 4.69) is 6.92 Å². The van der Waals surface area contributed by atoms with E-state index in [1.54, 1.807) is 13.8 Å². The summed E-state index contributed by atoms with van der Waals surface area (Å²) in [5.74, 6) is 0. The van der Waals surface area contributed by atoms with Crippen LogP contribution in [0.4, 0.5) is 25.2 Å². The molecule has 1 radical (unpaired) electrons. The molecule has 0 saturated heterocycles. The number of rotatable bonds is 0. The molecule has 1 saturated carbocycles. The summed E-state index contributed by atoms with van der Waals surface area (Å²) in [6.45, 7) is 5.90. The average molecular weight is 455 g/mol. The third-order valence-electron chi connectivity index (χ3n) is 1.25. The van der Waals surface area contributed by atoms with Crippen LogP contribution in [0.25, 0.3) is 10.8 Å². The first kappa shape index (κ1) is 38.1. The molecule has 0 bridgehead atoms. The Hall–Kier alpha value is -0.667. The molecule has 1 aliphatic rings. The van der Waals surface area contributed by atoms with Crippen molar-refractivity contribution in [2.24, 2.45) is 0 Å². The van der Waals surface area contributed by atoms with E-state index in [-0.39, 0.29) is 26.9 Å². The number of hydrogen-bond acceptors (Lipinski definition) is 1. The summed E-state index contributed by atoms with van der Waals surface area (Å²) in [7, 11) is -10.7. The summed E-state index contributed by atoms with van der Waals surface area (Å²) in [5, 5.41) is 22.1.